The summed E-state index contributed by atoms with van der Waals surface area (Å²) >= 11 is 0. The first-order valence-corrected chi connectivity index (χ1v) is 6.23. The highest BCUT2D eigenvalue weighted by molar-refractivity contribution is 5.95. The van der Waals surface area contributed by atoms with Crippen molar-refractivity contribution in [3.8, 4) is 0 Å². The molecular formula is C13H21ClN2O3. The minimum Gasteiger partial charge on any atom is -0.469 e. The number of aryl methyl sites for hydroxylation is 1. The predicted octanol–water partition coefficient (Wildman–Crippen LogP) is 1.51. The highest BCUT2D eigenvalue weighted by Gasteiger charge is 2.33. The van der Waals surface area contributed by atoms with Gasteiger partial charge in [-0.15, -0.1) is 12.4 Å². The van der Waals surface area contributed by atoms with Crippen molar-refractivity contribution in [2.45, 2.75) is 25.3 Å². The van der Waals surface area contributed by atoms with E-state index in [0.717, 1.165) is 19.4 Å². The maximum atomic E-state index is 12.0. The first-order valence-electron chi connectivity index (χ1n) is 6.23. The molecule has 1 aromatic heterocycles. The Morgan fingerprint density at radius 1 is 1.63 bits per heavy atom. The number of nitrogens with one attached hydrogen (secondary N) is 2. The number of amides is 1. The maximum Gasteiger partial charge on any atom is 0.254 e. The van der Waals surface area contributed by atoms with Gasteiger partial charge in [0.05, 0.1) is 24.0 Å². The number of carbonyl (C=O) groups excluding carboxylic acids is 1. The van der Waals surface area contributed by atoms with Gasteiger partial charge in [-0.2, -0.15) is 0 Å². The number of carbonyl (C=O) groups is 1. The summed E-state index contributed by atoms with van der Waals surface area (Å²) in [6, 6.07) is 1.69. The van der Waals surface area contributed by atoms with Gasteiger partial charge >= 0.3 is 0 Å². The number of rotatable bonds is 5. The van der Waals surface area contributed by atoms with Gasteiger partial charge in [-0.1, -0.05) is 0 Å². The molecule has 1 unspecified atom stereocenters. The van der Waals surface area contributed by atoms with E-state index < -0.39 is 0 Å². The minimum atomic E-state index is -0.123. The molecular weight excluding hydrogens is 268 g/mol. The van der Waals surface area contributed by atoms with Crippen molar-refractivity contribution in [3.05, 3.63) is 23.7 Å². The minimum absolute atomic E-state index is 0. The molecule has 0 saturated carbocycles. The van der Waals surface area contributed by atoms with E-state index in [1.165, 1.54) is 6.26 Å². The number of ether oxygens (including phenoxy) is 1. The van der Waals surface area contributed by atoms with Crippen molar-refractivity contribution < 1.29 is 13.9 Å². The molecule has 19 heavy (non-hydrogen) atoms. The molecule has 1 fully saturated rings. The van der Waals surface area contributed by atoms with Crippen molar-refractivity contribution in [2.24, 2.45) is 0 Å². The Bertz CT molecular complexity index is 414. The lowest BCUT2D eigenvalue weighted by Gasteiger charge is -2.28. The molecule has 0 aliphatic carbocycles. The van der Waals surface area contributed by atoms with Gasteiger partial charge in [0.25, 0.3) is 5.91 Å². The van der Waals surface area contributed by atoms with Crippen molar-refractivity contribution in [2.75, 3.05) is 26.8 Å². The van der Waals surface area contributed by atoms with E-state index in [1.807, 2.05) is 0 Å². The number of furan rings is 1. The summed E-state index contributed by atoms with van der Waals surface area (Å²) in [4.78, 5) is 12.0. The van der Waals surface area contributed by atoms with Gasteiger partial charge in [0.15, 0.2) is 0 Å². The van der Waals surface area contributed by atoms with Crippen LogP contribution in [0.4, 0.5) is 0 Å². The Labute approximate surface area is 119 Å². The second-order valence-corrected chi connectivity index (χ2v) is 4.82. The number of hydrogen-bond donors (Lipinski definition) is 2. The SMILES string of the molecule is COCC1(CNC(=O)c2ccoc2C)CCCN1.Cl. The second-order valence-electron chi connectivity index (χ2n) is 4.82. The Kier molecular flexibility index (Phi) is 5.85. The molecule has 1 saturated heterocycles. The zero-order valence-corrected chi connectivity index (χ0v) is 12.1. The van der Waals surface area contributed by atoms with Crippen molar-refractivity contribution in [3.63, 3.8) is 0 Å². The summed E-state index contributed by atoms with van der Waals surface area (Å²) in [5, 5.41) is 6.38. The molecule has 1 atom stereocenters. The van der Waals surface area contributed by atoms with E-state index in [9.17, 15) is 4.79 Å². The molecule has 1 amide bonds. The molecule has 2 N–H and O–H groups in total. The Morgan fingerprint density at radius 2 is 2.42 bits per heavy atom. The molecule has 0 bridgehead atoms. The number of methoxy groups -OCH3 is 1. The van der Waals surface area contributed by atoms with Crippen LogP contribution < -0.4 is 10.6 Å². The van der Waals surface area contributed by atoms with E-state index in [2.05, 4.69) is 10.6 Å². The normalized spacial score (nSPS) is 22.0. The van der Waals surface area contributed by atoms with E-state index in [0.29, 0.717) is 24.5 Å². The molecule has 1 aliphatic heterocycles. The average Bonchev–Trinajstić information content (AvgIpc) is 2.97. The number of hydrogen-bond acceptors (Lipinski definition) is 4. The van der Waals surface area contributed by atoms with Gasteiger partial charge in [0.2, 0.25) is 0 Å². The maximum absolute atomic E-state index is 12.0. The van der Waals surface area contributed by atoms with E-state index >= 15 is 0 Å². The van der Waals surface area contributed by atoms with Crippen LogP contribution in [0.2, 0.25) is 0 Å². The fourth-order valence-electron chi connectivity index (χ4n) is 2.44. The third-order valence-electron chi connectivity index (χ3n) is 3.44. The molecule has 6 heteroatoms. The second kappa shape index (κ2) is 6.93. The van der Waals surface area contributed by atoms with Crippen LogP contribution >= 0.6 is 12.4 Å². The summed E-state index contributed by atoms with van der Waals surface area (Å²) in [7, 11) is 1.68. The standard InChI is InChI=1S/C13H20N2O3.ClH/c1-10-11(4-7-18-10)12(16)14-8-13(9-17-2)5-3-6-15-13;/h4,7,15H,3,5-6,8-9H2,1-2H3,(H,14,16);1H. The third-order valence-corrected chi connectivity index (χ3v) is 3.44. The van der Waals surface area contributed by atoms with E-state index in [-0.39, 0.29) is 23.9 Å². The molecule has 0 spiro atoms. The molecule has 2 heterocycles. The highest BCUT2D eigenvalue weighted by Crippen LogP contribution is 2.19. The van der Waals surface area contributed by atoms with Crippen LogP contribution in [-0.2, 0) is 4.74 Å². The van der Waals surface area contributed by atoms with Gasteiger partial charge in [-0.25, -0.2) is 0 Å². The summed E-state index contributed by atoms with van der Waals surface area (Å²) in [5.41, 5.74) is 0.475. The van der Waals surface area contributed by atoms with Crippen LogP contribution in [0, 0.1) is 6.92 Å². The zero-order chi connectivity index (χ0) is 13.0. The Balaban J connectivity index is 0.00000180. The molecule has 2 rings (SSSR count). The van der Waals surface area contributed by atoms with Crippen LogP contribution in [-0.4, -0.2) is 38.3 Å². The van der Waals surface area contributed by atoms with Crippen LogP contribution in [0.15, 0.2) is 16.7 Å². The van der Waals surface area contributed by atoms with Crippen molar-refractivity contribution in [1.29, 1.82) is 0 Å². The molecule has 0 aromatic carbocycles. The highest BCUT2D eigenvalue weighted by atomic mass is 35.5. The largest absolute Gasteiger partial charge is 0.469 e. The van der Waals surface area contributed by atoms with Gasteiger partial charge in [-0.05, 0) is 32.4 Å². The topological polar surface area (TPSA) is 63.5 Å². The lowest BCUT2D eigenvalue weighted by atomic mass is 9.98. The quantitative estimate of drug-likeness (QED) is 0.862. The fraction of sp³-hybridized carbons (Fsp3) is 0.615. The fourth-order valence-corrected chi connectivity index (χ4v) is 2.44. The lowest BCUT2D eigenvalue weighted by molar-refractivity contribution is 0.0891. The summed E-state index contributed by atoms with van der Waals surface area (Å²) in [5.74, 6) is 0.554. The monoisotopic (exact) mass is 288 g/mol. The average molecular weight is 289 g/mol. The first kappa shape index (κ1) is 16.0. The van der Waals surface area contributed by atoms with Gasteiger partial charge in [0.1, 0.15) is 5.76 Å². The van der Waals surface area contributed by atoms with Crippen molar-refractivity contribution >= 4 is 18.3 Å². The van der Waals surface area contributed by atoms with Crippen LogP contribution in [0.1, 0.15) is 29.0 Å². The Hall–Kier alpha value is -1.04. The van der Waals surface area contributed by atoms with Crippen molar-refractivity contribution in [1.82, 2.24) is 10.6 Å². The predicted molar refractivity (Wildman–Crippen MR) is 74.9 cm³/mol. The van der Waals surface area contributed by atoms with E-state index in [1.54, 1.807) is 20.1 Å². The molecule has 1 aliphatic rings. The third kappa shape index (κ3) is 3.72. The van der Waals surface area contributed by atoms with Gasteiger partial charge in [0, 0.05) is 13.7 Å². The molecule has 1 aromatic rings. The van der Waals surface area contributed by atoms with Crippen LogP contribution in [0.3, 0.4) is 0 Å². The van der Waals surface area contributed by atoms with Gasteiger partial charge in [-0.3, -0.25) is 4.79 Å². The number of halogens is 1. The van der Waals surface area contributed by atoms with Crippen LogP contribution in [0.25, 0.3) is 0 Å². The molecule has 5 nitrogen and oxygen atoms in total. The first-order chi connectivity index (χ1) is 8.67. The smallest absolute Gasteiger partial charge is 0.254 e. The van der Waals surface area contributed by atoms with E-state index in [4.69, 9.17) is 9.15 Å². The lowest BCUT2D eigenvalue weighted by Crippen LogP contribution is -2.53. The summed E-state index contributed by atoms with van der Waals surface area (Å²) in [6.45, 7) is 3.94. The molecule has 108 valence electrons. The zero-order valence-electron chi connectivity index (χ0n) is 11.3. The summed E-state index contributed by atoms with van der Waals surface area (Å²) < 4.78 is 10.4. The summed E-state index contributed by atoms with van der Waals surface area (Å²) in [6.07, 6.45) is 3.67. The van der Waals surface area contributed by atoms with Crippen LogP contribution in [0.5, 0.6) is 0 Å². The van der Waals surface area contributed by atoms with Gasteiger partial charge < -0.3 is 19.8 Å². The molecule has 0 radical (unpaired) electrons. The Morgan fingerprint density at radius 3 is 2.95 bits per heavy atom.